The fraction of sp³-hybridized carbons (Fsp3) is 0.565. The first-order valence-electron chi connectivity index (χ1n) is 10.3. The molecule has 9 nitrogen and oxygen atoms in total. The van der Waals surface area contributed by atoms with Crippen LogP contribution in [0.1, 0.15) is 34.1 Å². The molecule has 2 saturated heterocycles. The van der Waals surface area contributed by atoms with E-state index in [4.69, 9.17) is 18.9 Å². The molecule has 8 atom stereocenters. The van der Waals surface area contributed by atoms with Crippen LogP contribution in [-0.2, 0) is 38.1 Å². The van der Waals surface area contributed by atoms with E-state index in [1.54, 1.807) is 0 Å². The smallest absolute Gasteiger partial charge is 0.334 e. The van der Waals surface area contributed by atoms with E-state index in [0.717, 1.165) is 6.92 Å². The topological polar surface area (TPSA) is 129 Å². The van der Waals surface area contributed by atoms with Crippen LogP contribution in [0.4, 0.5) is 0 Å². The summed E-state index contributed by atoms with van der Waals surface area (Å²) in [6.07, 6.45) is -5.09. The van der Waals surface area contributed by atoms with E-state index in [2.05, 4.69) is 19.7 Å². The summed E-state index contributed by atoms with van der Waals surface area (Å²) in [4.78, 5) is 50.5. The molecule has 0 aromatic heterocycles. The van der Waals surface area contributed by atoms with Crippen molar-refractivity contribution in [3.63, 3.8) is 0 Å². The third kappa shape index (κ3) is 4.14. The van der Waals surface area contributed by atoms with Crippen molar-refractivity contribution in [1.82, 2.24) is 0 Å². The maximum absolute atomic E-state index is 13.2. The summed E-state index contributed by atoms with van der Waals surface area (Å²) in [5.41, 5.74) is -2.31. The van der Waals surface area contributed by atoms with Crippen molar-refractivity contribution in [3.8, 4) is 0 Å². The predicted molar refractivity (Wildman–Crippen MR) is 110 cm³/mol. The highest BCUT2D eigenvalue weighted by atomic mass is 16.6. The molecule has 1 aliphatic carbocycles. The van der Waals surface area contributed by atoms with E-state index >= 15 is 0 Å². The highest BCUT2D eigenvalue weighted by molar-refractivity contribution is 5.95. The predicted octanol–water partition coefficient (Wildman–Crippen LogP) is 1.19. The van der Waals surface area contributed by atoms with Gasteiger partial charge in [-0.3, -0.25) is 4.79 Å². The first-order chi connectivity index (χ1) is 14.8. The molecule has 3 aliphatic rings. The first-order valence-corrected chi connectivity index (χ1v) is 10.3. The molecule has 3 rings (SSSR count). The van der Waals surface area contributed by atoms with Crippen LogP contribution in [-0.4, -0.2) is 64.9 Å². The Bertz CT molecular complexity index is 914. The second-order valence-corrected chi connectivity index (χ2v) is 9.00. The Hall–Kier alpha value is -2.78. The van der Waals surface area contributed by atoms with Crippen LogP contribution in [0.25, 0.3) is 0 Å². The van der Waals surface area contributed by atoms with Gasteiger partial charge in [0, 0.05) is 16.7 Å². The summed E-state index contributed by atoms with van der Waals surface area (Å²) in [5.74, 6) is -4.38. The number of aliphatic hydroxyl groups is 1. The number of hydrogen-bond donors (Lipinski definition) is 1. The fourth-order valence-corrected chi connectivity index (χ4v) is 4.21. The molecule has 9 heteroatoms. The molecule has 0 aromatic carbocycles. The number of ketones is 1. The molecule has 174 valence electrons. The number of ether oxygens (including phenoxy) is 4. The standard InChI is InChI=1S/C23H28O9/c1-9(2)20(25)31-16-14-12(6)22(27)29-13(14)8-11(5)15-17(30-15)18(24)23(7,28)19(16)32-21(26)10(3)4/h11,13-17,19,28H,1,3,6,8H2,2,4-5,7H3. The van der Waals surface area contributed by atoms with Gasteiger partial charge < -0.3 is 24.1 Å². The molecule has 0 amide bonds. The zero-order valence-electron chi connectivity index (χ0n) is 18.6. The first kappa shape index (κ1) is 23.9. The number of epoxide rings is 1. The van der Waals surface area contributed by atoms with Gasteiger partial charge in [-0.15, -0.1) is 0 Å². The third-order valence-electron chi connectivity index (χ3n) is 6.15. The highest BCUT2D eigenvalue weighted by Crippen LogP contribution is 2.45. The van der Waals surface area contributed by atoms with Gasteiger partial charge in [0.2, 0.25) is 0 Å². The van der Waals surface area contributed by atoms with Crippen LogP contribution < -0.4 is 0 Å². The molecule has 1 N–H and O–H groups in total. The van der Waals surface area contributed by atoms with Crippen molar-refractivity contribution in [3.05, 3.63) is 36.5 Å². The Balaban J connectivity index is 2.16. The molecule has 3 fully saturated rings. The van der Waals surface area contributed by atoms with Crippen molar-refractivity contribution in [1.29, 1.82) is 0 Å². The third-order valence-corrected chi connectivity index (χ3v) is 6.15. The van der Waals surface area contributed by atoms with Crippen LogP contribution in [0.2, 0.25) is 0 Å². The molecule has 0 spiro atoms. The van der Waals surface area contributed by atoms with Gasteiger partial charge in [-0.2, -0.15) is 0 Å². The normalized spacial score (nSPS) is 38.7. The van der Waals surface area contributed by atoms with E-state index in [9.17, 15) is 24.3 Å². The molecule has 0 radical (unpaired) electrons. The fourth-order valence-electron chi connectivity index (χ4n) is 4.21. The number of hydrogen-bond acceptors (Lipinski definition) is 9. The van der Waals surface area contributed by atoms with E-state index in [1.165, 1.54) is 13.8 Å². The van der Waals surface area contributed by atoms with Gasteiger partial charge in [0.15, 0.2) is 23.6 Å². The van der Waals surface area contributed by atoms with Crippen molar-refractivity contribution in [2.24, 2.45) is 11.8 Å². The summed E-state index contributed by atoms with van der Waals surface area (Å²) in [6.45, 7) is 16.6. The Kier molecular flexibility index (Phi) is 6.19. The summed E-state index contributed by atoms with van der Waals surface area (Å²) >= 11 is 0. The van der Waals surface area contributed by atoms with E-state index in [0.29, 0.717) is 0 Å². The van der Waals surface area contributed by atoms with Crippen LogP contribution in [0.5, 0.6) is 0 Å². The molecular weight excluding hydrogens is 420 g/mol. The van der Waals surface area contributed by atoms with Crippen molar-refractivity contribution in [2.75, 3.05) is 0 Å². The van der Waals surface area contributed by atoms with Gasteiger partial charge in [0.25, 0.3) is 0 Å². The van der Waals surface area contributed by atoms with Crippen LogP contribution in [0, 0.1) is 11.8 Å². The lowest BCUT2D eigenvalue weighted by molar-refractivity contribution is -0.195. The number of carbonyl (C=O) groups excluding carboxylic acids is 4. The molecule has 8 unspecified atom stereocenters. The monoisotopic (exact) mass is 448 g/mol. The molecule has 0 aromatic rings. The Morgan fingerprint density at radius 1 is 1.12 bits per heavy atom. The Morgan fingerprint density at radius 2 is 1.69 bits per heavy atom. The van der Waals surface area contributed by atoms with Crippen LogP contribution in [0.15, 0.2) is 36.5 Å². The minimum absolute atomic E-state index is 0.00128. The van der Waals surface area contributed by atoms with Crippen molar-refractivity contribution < 1.29 is 43.2 Å². The molecule has 2 aliphatic heterocycles. The molecule has 32 heavy (non-hydrogen) atoms. The summed E-state index contributed by atoms with van der Waals surface area (Å²) in [7, 11) is 0. The number of rotatable bonds is 4. The minimum Gasteiger partial charge on any atom is -0.458 e. The van der Waals surface area contributed by atoms with E-state index in [-0.39, 0.29) is 29.1 Å². The average molecular weight is 448 g/mol. The van der Waals surface area contributed by atoms with Gasteiger partial charge in [-0.25, -0.2) is 14.4 Å². The molecule has 0 bridgehead atoms. The molecule has 1 saturated carbocycles. The number of Topliss-reactive ketones (excluding diaryl/α,β-unsaturated/α-hetero) is 1. The number of esters is 3. The Labute approximate surface area is 186 Å². The number of fused-ring (bicyclic) bond motifs is 2. The minimum atomic E-state index is -2.32. The van der Waals surface area contributed by atoms with Gasteiger partial charge in [0.1, 0.15) is 12.2 Å². The summed E-state index contributed by atoms with van der Waals surface area (Å²) < 4.78 is 22.1. The Morgan fingerprint density at radius 3 is 2.25 bits per heavy atom. The molecule has 2 heterocycles. The second kappa shape index (κ2) is 8.29. The maximum atomic E-state index is 13.2. The largest absolute Gasteiger partial charge is 0.458 e. The lowest BCUT2D eigenvalue weighted by Crippen LogP contribution is -2.60. The number of carbonyl (C=O) groups is 4. The SMILES string of the molecule is C=C(C)C(=O)OC1C2C(=C)C(=O)OC2CC(C)C2OC2C(=O)C(C)(O)C1OC(=O)C(=C)C. The van der Waals surface area contributed by atoms with E-state index < -0.39 is 65.7 Å². The van der Waals surface area contributed by atoms with Crippen molar-refractivity contribution >= 4 is 23.7 Å². The van der Waals surface area contributed by atoms with E-state index in [1.807, 2.05) is 6.92 Å². The lowest BCUT2D eigenvalue weighted by atomic mass is 9.75. The molecular formula is C23H28O9. The van der Waals surface area contributed by atoms with Crippen LogP contribution >= 0.6 is 0 Å². The van der Waals surface area contributed by atoms with Gasteiger partial charge >= 0.3 is 17.9 Å². The average Bonchev–Trinajstić information content (AvgIpc) is 3.45. The van der Waals surface area contributed by atoms with Gasteiger partial charge in [-0.05, 0) is 33.1 Å². The summed E-state index contributed by atoms with van der Waals surface area (Å²) in [6, 6.07) is 0. The zero-order valence-corrected chi connectivity index (χ0v) is 18.6. The lowest BCUT2D eigenvalue weighted by Gasteiger charge is -2.40. The maximum Gasteiger partial charge on any atom is 0.334 e. The quantitative estimate of drug-likeness (QED) is 0.292. The van der Waals surface area contributed by atoms with Gasteiger partial charge in [0.05, 0.1) is 12.0 Å². The zero-order chi connectivity index (χ0) is 24.1. The van der Waals surface area contributed by atoms with Crippen molar-refractivity contribution in [2.45, 2.75) is 70.2 Å². The summed E-state index contributed by atoms with van der Waals surface area (Å²) in [5, 5.41) is 11.3. The highest BCUT2D eigenvalue weighted by Gasteiger charge is 2.63. The van der Waals surface area contributed by atoms with Gasteiger partial charge in [-0.1, -0.05) is 26.7 Å². The van der Waals surface area contributed by atoms with Crippen LogP contribution in [0.3, 0.4) is 0 Å². The second-order valence-electron chi connectivity index (χ2n) is 9.00.